The van der Waals surface area contributed by atoms with E-state index in [1.165, 1.54) is 11.3 Å². The van der Waals surface area contributed by atoms with Crippen LogP contribution >= 0.6 is 11.3 Å². The quantitative estimate of drug-likeness (QED) is 0.823. The highest BCUT2D eigenvalue weighted by Crippen LogP contribution is 2.25. The first-order valence-corrected chi connectivity index (χ1v) is 8.00. The van der Waals surface area contributed by atoms with Crippen LogP contribution in [-0.2, 0) is 9.53 Å². The molecule has 0 saturated carbocycles. The number of carbonyl (C=O) groups is 3. The molecule has 0 saturated heterocycles. The summed E-state index contributed by atoms with van der Waals surface area (Å²) in [5.74, 6) is -0.966. The van der Waals surface area contributed by atoms with E-state index in [4.69, 9.17) is 4.74 Å². The first kappa shape index (κ1) is 17.0. The molecule has 0 unspecified atom stereocenters. The number of fused-ring (bicyclic) bond motifs is 1. The maximum atomic E-state index is 11.9. The molecule has 1 aromatic carbocycles. The average molecular weight is 334 g/mol. The molecule has 122 valence electrons. The summed E-state index contributed by atoms with van der Waals surface area (Å²) >= 11 is 1.30. The molecular formula is C16H18N2O4S. The van der Waals surface area contributed by atoms with Gasteiger partial charge >= 0.3 is 12.0 Å². The van der Waals surface area contributed by atoms with Gasteiger partial charge in [0.25, 0.3) is 5.91 Å². The van der Waals surface area contributed by atoms with Crippen molar-refractivity contribution in [1.29, 1.82) is 0 Å². The minimum absolute atomic E-state index is 0.279. The number of hydrogen-bond acceptors (Lipinski definition) is 5. The van der Waals surface area contributed by atoms with Gasteiger partial charge in [0, 0.05) is 11.2 Å². The van der Waals surface area contributed by atoms with Crippen LogP contribution in [0.3, 0.4) is 0 Å². The van der Waals surface area contributed by atoms with E-state index in [0.29, 0.717) is 11.4 Å². The molecule has 0 aliphatic carbocycles. The van der Waals surface area contributed by atoms with Crippen LogP contribution in [-0.4, -0.2) is 31.1 Å². The number of rotatable bonds is 5. The molecule has 7 heteroatoms. The minimum atomic E-state index is -0.666. The molecule has 0 atom stereocenters. The van der Waals surface area contributed by atoms with Gasteiger partial charge < -0.3 is 10.1 Å². The largest absolute Gasteiger partial charge is 0.451 e. The number of thiophene rings is 1. The third-order valence-electron chi connectivity index (χ3n) is 2.88. The van der Waals surface area contributed by atoms with Crippen LogP contribution < -0.4 is 10.6 Å². The topological polar surface area (TPSA) is 84.5 Å². The lowest BCUT2D eigenvalue weighted by molar-refractivity contribution is -0.123. The second kappa shape index (κ2) is 7.73. The van der Waals surface area contributed by atoms with Crippen molar-refractivity contribution in [3.63, 3.8) is 0 Å². The Balaban J connectivity index is 1.81. The van der Waals surface area contributed by atoms with Crippen LogP contribution in [0.5, 0.6) is 0 Å². The normalized spacial score (nSPS) is 10.6. The number of ether oxygens (including phenoxy) is 1. The predicted octanol–water partition coefficient (Wildman–Crippen LogP) is 2.54. The number of benzene rings is 1. The Morgan fingerprint density at radius 2 is 1.96 bits per heavy atom. The molecule has 0 radical (unpaired) electrons. The second-order valence-corrected chi connectivity index (χ2v) is 6.46. The third-order valence-corrected chi connectivity index (χ3v) is 3.98. The van der Waals surface area contributed by atoms with Crippen LogP contribution in [0.25, 0.3) is 10.1 Å². The van der Waals surface area contributed by atoms with Gasteiger partial charge in [0.05, 0.1) is 0 Å². The van der Waals surface area contributed by atoms with Crippen molar-refractivity contribution in [3.8, 4) is 0 Å². The van der Waals surface area contributed by atoms with E-state index in [1.54, 1.807) is 6.07 Å². The number of amides is 3. The standard InChI is InChI=1S/C16H18N2O4S/c1-10(2)8-17-16(21)18-14(19)9-22-15(20)13-7-11-5-3-4-6-12(11)23-13/h3-7,10H,8-9H2,1-2H3,(H2,17,18,19,21). The van der Waals surface area contributed by atoms with Crippen LogP contribution in [0.1, 0.15) is 23.5 Å². The smallest absolute Gasteiger partial charge is 0.348 e. The third kappa shape index (κ3) is 5.07. The van der Waals surface area contributed by atoms with Crippen molar-refractivity contribution in [3.05, 3.63) is 35.2 Å². The summed E-state index contributed by atoms with van der Waals surface area (Å²) < 4.78 is 5.89. The van der Waals surface area contributed by atoms with Gasteiger partial charge in [0.1, 0.15) is 4.88 Å². The fourth-order valence-electron chi connectivity index (χ4n) is 1.79. The molecule has 2 aromatic rings. The molecule has 0 spiro atoms. The summed E-state index contributed by atoms with van der Waals surface area (Å²) in [5, 5.41) is 5.59. The van der Waals surface area contributed by atoms with E-state index in [1.807, 2.05) is 38.1 Å². The highest BCUT2D eigenvalue weighted by molar-refractivity contribution is 7.20. The maximum Gasteiger partial charge on any atom is 0.348 e. The van der Waals surface area contributed by atoms with Crippen molar-refractivity contribution < 1.29 is 19.1 Å². The summed E-state index contributed by atoms with van der Waals surface area (Å²) in [6.07, 6.45) is 0. The van der Waals surface area contributed by atoms with Crippen LogP contribution in [0.2, 0.25) is 0 Å². The molecule has 0 aliphatic heterocycles. The molecule has 2 rings (SSSR count). The van der Waals surface area contributed by atoms with E-state index in [0.717, 1.165) is 10.1 Å². The summed E-state index contributed by atoms with van der Waals surface area (Å²) in [5.41, 5.74) is 0. The van der Waals surface area contributed by atoms with Gasteiger partial charge in [-0.15, -0.1) is 11.3 Å². The zero-order chi connectivity index (χ0) is 16.8. The number of urea groups is 1. The van der Waals surface area contributed by atoms with E-state index < -0.39 is 24.5 Å². The first-order chi connectivity index (χ1) is 11.0. The molecular weight excluding hydrogens is 316 g/mol. The Morgan fingerprint density at radius 1 is 1.22 bits per heavy atom. The van der Waals surface area contributed by atoms with E-state index >= 15 is 0 Å². The Labute approximate surface area is 137 Å². The van der Waals surface area contributed by atoms with Gasteiger partial charge in [-0.3, -0.25) is 10.1 Å². The maximum absolute atomic E-state index is 11.9. The molecule has 6 nitrogen and oxygen atoms in total. The fourth-order valence-corrected chi connectivity index (χ4v) is 2.74. The zero-order valence-electron chi connectivity index (χ0n) is 12.9. The molecule has 0 fully saturated rings. The van der Waals surface area contributed by atoms with Crippen LogP contribution in [0.4, 0.5) is 4.79 Å². The van der Waals surface area contributed by atoms with Crippen molar-refractivity contribution >= 4 is 39.3 Å². The van der Waals surface area contributed by atoms with Crippen LogP contribution in [0.15, 0.2) is 30.3 Å². The van der Waals surface area contributed by atoms with E-state index in [9.17, 15) is 14.4 Å². The number of imide groups is 1. The first-order valence-electron chi connectivity index (χ1n) is 7.19. The molecule has 0 aliphatic rings. The van der Waals surface area contributed by atoms with E-state index in [-0.39, 0.29) is 5.92 Å². The number of carbonyl (C=O) groups excluding carboxylic acids is 3. The van der Waals surface area contributed by atoms with Gasteiger partial charge in [-0.05, 0) is 23.4 Å². The van der Waals surface area contributed by atoms with Gasteiger partial charge in [-0.25, -0.2) is 9.59 Å². The number of nitrogens with one attached hydrogen (secondary N) is 2. The zero-order valence-corrected chi connectivity index (χ0v) is 13.7. The van der Waals surface area contributed by atoms with Crippen molar-refractivity contribution in [2.75, 3.05) is 13.2 Å². The monoisotopic (exact) mass is 334 g/mol. The van der Waals surface area contributed by atoms with Crippen molar-refractivity contribution in [1.82, 2.24) is 10.6 Å². The highest BCUT2D eigenvalue weighted by atomic mass is 32.1. The summed E-state index contributed by atoms with van der Waals surface area (Å²) in [6, 6.07) is 8.69. The molecule has 3 amide bonds. The Kier molecular flexibility index (Phi) is 5.70. The Bertz CT molecular complexity index is 691. The lowest BCUT2D eigenvalue weighted by Crippen LogP contribution is -2.42. The van der Waals surface area contributed by atoms with Gasteiger partial charge in [0.15, 0.2) is 6.61 Å². The fraction of sp³-hybridized carbons (Fsp3) is 0.312. The minimum Gasteiger partial charge on any atom is -0.451 e. The predicted molar refractivity (Wildman–Crippen MR) is 88.5 cm³/mol. The SMILES string of the molecule is CC(C)CNC(=O)NC(=O)COC(=O)c1cc2ccccc2s1. The summed E-state index contributed by atoms with van der Waals surface area (Å²) in [7, 11) is 0. The Morgan fingerprint density at radius 3 is 2.65 bits per heavy atom. The second-order valence-electron chi connectivity index (χ2n) is 5.38. The highest BCUT2D eigenvalue weighted by Gasteiger charge is 2.14. The van der Waals surface area contributed by atoms with Crippen LogP contribution in [0, 0.1) is 5.92 Å². The molecule has 23 heavy (non-hydrogen) atoms. The number of hydrogen-bond donors (Lipinski definition) is 2. The lowest BCUT2D eigenvalue weighted by atomic mass is 10.2. The lowest BCUT2D eigenvalue weighted by Gasteiger charge is -2.08. The summed E-state index contributed by atoms with van der Waals surface area (Å²) in [4.78, 5) is 35.3. The van der Waals surface area contributed by atoms with Gasteiger partial charge in [-0.1, -0.05) is 32.0 Å². The van der Waals surface area contributed by atoms with Gasteiger partial charge in [-0.2, -0.15) is 0 Å². The molecule has 1 aromatic heterocycles. The average Bonchev–Trinajstić information content (AvgIpc) is 2.94. The molecule has 2 N–H and O–H groups in total. The molecule has 1 heterocycles. The number of esters is 1. The van der Waals surface area contributed by atoms with Crippen molar-refractivity contribution in [2.45, 2.75) is 13.8 Å². The molecule has 0 bridgehead atoms. The Hall–Kier alpha value is -2.41. The summed E-state index contributed by atoms with van der Waals surface area (Å²) in [6.45, 7) is 3.84. The van der Waals surface area contributed by atoms with Gasteiger partial charge in [0.2, 0.25) is 0 Å². The van der Waals surface area contributed by atoms with E-state index in [2.05, 4.69) is 10.6 Å². The van der Waals surface area contributed by atoms with Crippen molar-refractivity contribution in [2.24, 2.45) is 5.92 Å².